The van der Waals surface area contributed by atoms with Crippen LogP contribution in [0.3, 0.4) is 0 Å². The van der Waals surface area contributed by atoms with Crippen molar-refractivity contribution in [2.24, 2.45) is 0 Å². The second-order valence-electron chi connectivity index (χ2n) is 4.43. The zero-order valence-electron chi connectivity index (χ0n) is 11.1. The lowest BCUT2D eigenvalue weighted by atomic mass is 10.1. The predicted molar refractivity (Wildman–Crippen MR) is 78.7 cm³/mol. The molecule has 1 atom stereocenters. The molecule has 2 heterocycles. The Bertz CT molecular complexity index is 697. The van der Waals surface area contributed by atoms with Gasteiger partial charge < -0.3 is 10.2 Å². The van der Waals surface area contributed by atoms with E-state index in [1.54, 1.807) is 10.2 Å². The van der Waals surface area contributed by atoms with Crippen LogP contribution in [0.15, 0.2) is 41.2 Å². The highest BCUT2D eigenvalue weighted by Gasteiger charge is 2.20. The molecule has 0 spiro atoms. The maximum atomic E-state index is 10.4. The standard InChI is InChI=1S/C14H14N4O2S/c19-7-6-18-14(11-8-21-9-15-11)16-13(17-18)12(20)10-4-2-1-3-5-10/h1-5,8-9,12,19-20H,6-7H2/t12-/m0/s1. The van der Waals surface area contributed by atoms with E-state index in [0.29, 0.717) is 23.9 Å². The smallest absolute Gasteiger partial charge is 0.184 e. The summed E-state index contributed by atoms with van der Waals surface area (Å²) in [6, 6.07) is 9.23. The molecule has 0 aliphatic heterocycles. The second-order valence-corrected chi connectivity index (χ2v) is 5.15. The van der Waals surface area contributed by atoms with Gasteiger partial charge in [-0.15, -0.1) is 11.3 Å². The fourth-order valence-corrected chi connectivity index (χ4v) is 2.55. The van der Waals surface area contributed by atoms with Crippen molar-refractivity contribution in [3.63, 3.8) is 0 Å². The first-order chi connectivity index (χ1) is 10.3. The van der Waals surface area contributed by atoms with Gasteiger partial charge in [-0.3, -0.25) is 0 Å². The van der Waals surface area contributed by atoms with E-state index in [1.807, 2.05) is 35.7 Å². The third-order valence-electron chi connectivity index (χ3n) is 3.02. The summed E-state index contributed by atoms with van der Waals surface area (Å²) in [5.74, 6) is 0.855. The number of benzene rings is 1. The predicted octanol–water partition coefficient (Wildman–Crippen LogP) is 1.48. The number of thiazole rings is 1. The van der Waals surface area contributed by atoms with Crippen molar-refractivity contribution in [3.8, 4) is 11.5 Å². The summed E-state index contributed by atoms with van der Waals surface area (Å²) in [7, 11) is 0. The zero-order chi connectivity index (χ0) is 14.7. The molecule has 0 aliphatic carbocycles. The van der Waals surface area contributed by atoms with Crippen LogP contribution < -0.4 is 0 Å². The van der Waals surface area contributed by atoms with Crippen molar-refractivity contribution in [2.75, 3.05) is 6.61 Å². The molecule has 0 bridgehead atoms. The van der Waals surface area contributed by atoms with Gasteiger partial charge in [-0.2, -0.15) is 5.10 Å². The average Bonchev–Trinajstić information content (AvgIpc) is 3.17. The number of aromatic nitrogens is 4. The zero-order valence-corrected chi connectivity index (χ0v) is 11.9. The average molecular weight is 302 g/mol. The summed E-state index contributed by atoms with van der Waals surface area (Å²) in [6.45, 7) is 0.253. The molecule has 0 saturated carbocycles. The third kappa shape index (κ3) is 2.85. The van der Waals surface area contributed by atoms with Crippen molar-refractivity contribution in [1.82, 2.24) is 19.7 Å². The van der Waals surface area contributed by atoms with Gasteiger partial charge in [-0.05, 0) is 5.56 Å². The summed E-state index contributed by atoms with van der Waals surface area (Å²) < 4.78 is 1.57. The summed E-state index contributed by atoms with van der Waals surface area (Å²) in [5.41, 5.74) is 3.12. The van der Waals surface area contributed by atoms with Gasteiger partial charge in [-0.1, -0.05) is 30.3 Å². The molecule has 0 fully saturated rings. The summed E-state index contributed by atoms with van der Waals surface area (Å²) in [6.07, 6.45) is -0.900. The highest BCUT2D eigenvalue weighted by atomic mass is 32.1. The van der Waals surface area contributed by atoms with Crippen molar-refractivity contribution in [3.05, 3.63) is 52.6 Å². The Hall–Kier alpha value is -2.09. The van der Waals surface area contributed by atoms with Gasteiger partial charge in [0.25, 0.3) is 0 Å². The van der Waals surface area contributed by atoms with Crippen molar-refractivity contribution < 1.29 is 10.2 Å². The van der Waals surface area contributed by atoms with Crippen molar-refractivity contribution >= 4 is 11.3 Å². The topological polar surface area (TPSA) is 84.1 Å². The maximum absolute atomic E-state index is 10.4. The van der Waals surface area contributed by atoms with Crippen LogP contribution in [0.2, 0.25) is 0 Å². The summed E-state index contributed by atoms with van der Waals surface area (Å²) in [5, 5.41) is 25.7. The lowest BCUT2D eigenvalue weighted by Gasteiger charge is -2.05. The number of aliphatic hydroxyl groups excluding tert-OH is 2. The molecule has 3 aromatic rings. The first kappa shape index (κ1) is 13.9. The Kier molecular flexibility index (Phi) is 4.05. The molecule has 3 rings (SSSR count). The monoisotopic (exact) mass is 302 g/mol. The fourth-order valence-electron chi connectivity index (χ4n) is 2.02. The molecule has 2 aromatic heterocycles. The number of aliphatic hydroxyl groups is 2. The molecule has 2 N–H and O–H groups in total. The molecule has 0 unspecified atom stereocenters. The summed E-state index contributed by atoms with van der Waals surface area (Å²) >= 11 is 1.46. The number of hydrogen-bond donors (Lipinski definition) is 2. The Morgan fingerprint density at radius 3 is 2.71 bits per heavy atom. The lowest BCUT2D eigenvalue weighted by molar-refractivity contribution is 0.208. The Morgan fingerprint density at radius 1 is 1.24 bits per heavy atom. The van der Waals surface area contributed by atoms with Crippen LogP contribution in [0.4, 0.5) is 0 Å². The molecule has 1 aromatic carbocycles. The van der Waals surface area contributed by atoms with Crippen LogP contribution in [0.5, 0.6) is 0 Å². The molecular weight excluding hydrogens is 288 g/mol. The molecule has 0 saturated heterocycles. The van der Waals surface area contributed by atoms with Gasteiger partial charge in [0, 0.05) is 5.38 Å². The number of hydrogen-bond acceptors (Lipinski definition) is 6. The van der Waals surface area contributed by atoms with E-state index >= 15 is 0 Å². The van der Waals surface area contributed by atoms with Crippen molar-refractivity contribution in [2.45, 2.75) is 12.6 Å². The number of nitrogens with zero attached hydrogens (tertiary/aromatic N) is 4. The lowest BCUT2D eigenvalue weighted by Crippen LogP contribution is -2.07. The van der Waals surface area contributed by atoms with E-state index in [0.717, 1.165) is 5.56 Å². The Labute approximate surface area is 125 Å². The van der Waals surface area contributed by atoms with Crippen LogP contribution in [-0.4, -0.2) is 36.6 Å². The van der Waals surface area contributed by atoms with E-state index in [2.05, 4.69) is 15.1 Å². The second kappa shape index (κ2) is 6.13. The van der Waals surface area contributed by atoms with Gasteiger partial charge in [0.1, 0.15) is 11.8 Å². The van der Waals surface area contributed by atoms with Crippen molar-refractivity contribution in [1.29, 1.82) is 0 Å². The minimum absolute atomic E-state index is 0.0542. The molecule has 0 aliphatic rings. The van der Waals surface area contributed by atoms with Crippen LogP contribution in [0.1, 0.15) is 17.5 Å². The SMILES string of the molecule is OCCn1nc([C@@H](O)c2ccccc2)nc1-c1cscn1. The summed E-state index contributed by atoms with van der Waals surface area (Å²) in [4.78, 5) is 8.59. The van der Waals surface area contributed by atoms with E-state index in [9.17, 15) is 5.11 Å². The van der Waals surface area contributed by atoms with Gasteiger partial charge in [0.05, 0.1) is 18.7 Å². The van der Waals surface area contributed by atoms with Gasteiger partial charge in [-0.25, -0.2) is 14.6 Å². The third-order valence-corrected chi connectivity index (χ3v) is 3.61. The van der Waals surface area contributed by atoms with Crippen LogP contribution in [-0.2, 0) is 6.54 Å². The number of rotatable bonds is 5. The minimum atomic E-state index is -0.900. The first-order valence-corrected chi connectivity index (χ1v) is 7.41. The van der Waals surface area contributed by atoms with E-state index in [1.165, 1.54) is 11.3 Å². The fraction of sp³-hybridized carbons (Fsp3) is 0.214. The Balaban J connectivity index is 1.98. The highest BCUT2D eigenvalue weighted by Crippen LogP contribution is 2.23. The molecule has 108 valence electrons. The molecule has 6 nitrogen and oxygen atoms in total. The Morgan fingerprint density at radius 2 is 2.05 bits per heavy atom. The minimum Gasteiger partial charge on any atom is -0.394 e. The van der Waals surface area contributed by atoms with Gasteiger partial charge in [0.2, 0.25) is 0 Å². The quantitative estimate of drug-likeness (QED) is 0.745. The molecule has 7 heteroatoms. The normalized spacial score (nSPS) is 12.5. The van der Waals surface area contributed by atoms with E-state index in [-0.39, 0.29) is 6.61 Å². The van der Waals surface area contributed by atoms with E-state index in [4.69, 9.17) is 5.11 Å². The largest absolute Gasteiger partial charge is 0.394 e. The highest BCUT2D eigenvalue weighted by molar-refractivity contribution is 7.07. The van der Waals surface area contributed by atoms with Crippen LogP contribution in [0, 0.1) is 0 Å². The van der Waals surface area contributed by atoms with E-state index < -0.39 is 6.10 Å². The molecule has 0 radical (unpaired) electrons. The van der Waals surface area contributed by atoms with Crippen LogP contribution >= 0.6 is 11.3 Å². The maximum Gasteiger partial charge on any atom is 0.184 e. The molecule has 0 amide bonds. The van der Waals surface area contributed by atoms with Crippen LogP contribution in [0.25, 0.3) is 11.5 Å². The molecule has 21 heavy (non-hydrogen) atoms. The first-order valence-electron chi connectivity index (χ1n) is 6.47. The van der Waals surface area contributed by atoms with Gasteiger partial charge in [0.15, 0.2) is 11.6 Å². The van der Waals surface area contributed by atoms with Gasteiger partial charge >= 0.3 is 0 Å². The molecular formula is C14H14N4O2S.